The van der Waals surface area contributed by atoms with E-state index in [0.717, 1.165) is 10.9 Å². The Morgan fingerprint density at radius 1 is 0.941 bits per heavy atom. The van der Waals surface area contributed by atoms with Gasteiger partial charge in [0.2, 0.25) is 0 Å². The number of aromatic amines is 1. The van der Waals surface area contributed by atoms with Gasteiger partial charge < -0.3 is 4.98 Å². The van der Waals surface area contributed by atoms with Crippen LogP contribution >= 0.6 is 0 Å². The number of nitrogens with zero attached hydrogens (tertiary/aromatic N) is 4. The van der Waals surface area contributed by atoms with E-state index in [1.165, 1.54) is 0 Å². The SMILES string of the molecule is c1cnc(N=Nc2cc3ccccc3[nH]2)nc1. The Morgan fingerprint density at radius 2 is 1.76 bits per heavy atom. The third-order valence-electron chi connectivity index (χ3n) is 2.32. The maximum atomic E-state index is 4.06. The zero-order chi connectivity index (χ0) is 11.5. The first kappa shape index (κ1) is 9.65. The Kier molecular flexibility index (Phi) is 2.34. The van der Waals surface area contributed by atoms with Gasteiger partial charge in [-0.1, -0.05) is 18.2 Å². The van der Waals surface area contributed by atoms with Gasteiger partial charge in [0.05, 0.1) is 0 Å². The lowest BCUT2D eigenvalue weighted by Gasteiger charge is -1.87. The number of azo groups is 1. The summed E-state index contributed by atoms with van der Waals surface area (Å²) in [6.45, 7) is 0. The molecule has 82 valence electrons. The maximum Gasteiger partial charge on any atom is 0.268 e. The van der Waals surface area contributed by atoms with Gasteiger partial charge in [-0.25, -0.2) is 9.97 Å². The highest BCUT2D eigenvalue weighted by molar-refractivity contribution is 5.82. The molecule has 0 bridgehead atoms. The molecule has 0 saturated heterocycles. The van der Waals surface area contributed by atoms with E-state index >= 15 is 0 Å². The minimum Gasteiger partial charge on any atom is -0.338 e. The third kappa shape index (κ3) is 2.03. The molecular weight excluding hydrogens is 214 g/mol. The number of para-hydroxylation sites is 1. The minimum absolute atomic E-state index is 0.353. The van der Waals surface area contributed by atoms with Gasteiger partial charge in [-0.15, -0.1) is 10.2 Å². The van der Waals surface area contributed by atoms with E-state index in [2.05, 4.69) is 25.2 Å². The van der Waals surface area contributed by atoms with Crippen molar-refractivity contribution in [3.05, 3.63) is 48.8 Å². The standard InChI is InChI=1S/C12H9N5/c1-2-5-10-9(4-1)8-11(15-10)16-17-12-13-6-3-7-14-12/h1-8,15H. The number of aromatic nitrogens is 3. The molecule has 0 radical (unpaired) electrons. The largest absolute Gasteiger partial charge is 0.338 e. The monoisotopic (exact) mass is 223 g/mol. The molecule has 0 amide bonds. The molecule has 3 rings (SSSR count). The fraction of sp³-hybridized carbons (Fsp3) is 0. The summed E-state index contributed by atoms with van der Waals surface area (Å²) in [4.78, 5) is 11.1. The van der Waals surface area contributed by atoms with Crippen molar-refractivity contribution in [2.45, 2.75) is 0 Å². The molecule has 1 N–H and O–H groups in total. The minimum atomic E-state index is 0.353. The maximum absolute atomic E-state index is 4.06. The molecule has 0 unspecified atom stereocenters. The number of fused-ring (bicyclic) bond motifs is 1. The molecule has 1 aromatic carbocycles. The van der Waals surface area contributed by atoms with Crippen molar-refractivity contribution in [1.29, 1.82) is 0 Å². The molecule has 0 aliphatic carbocycles. The second kappa shape index (κ2) is 4.13. The lowest BCUT2D eigenvalue weighted by Crippen LogP contribution is -1.75. The van der Waals surface area contributed by atoms with Gasteiger partial charge in [0, 0.05) is 23.3 Å². The van der Waals surface area contributed by atoms with Crippen molar-refractivity contribution in [2.75, 3.05) is 0 Å². The van der Waals surface area contributed by atoms with E-state index in [1.807, 2.05) is 30.3 Å². The Morgan fingerprint density at radius 3 is 2.59 bits per heavy atom. The van der Waals surface area contributed by atoms with Crippen LogP contribution in [0.2, 0.25) is 0 Å². The van der Waals surface area contributed by atoms with Gasteiger partial charge >= 0.3 is 0 Å². The van der Waals surface area contributed by atoms with E-state index < -0.39 is 0 Å². The Bertz CT molecular complexity index is 624. The van der Waals surface area contributed by atoms with Crippen molar-refractivity contribution >= 4 is 22.7 Å². The summed E-state index contributed by atoms with van der Waals surface area (Å²) in [7, 11) is 0. The van der Waals surface area contributed by atoms with Crippen LogP contribution in [0.1, 0.15) is 0 Å². The molecule has 5 heteroatoms. The molecular formula is C12H9N5. The van der Waals surface area contributed by atoms with Crippen molar-refractivity contribution in [3.63, 3.8) is 0 Å². The fourth-order valence-corrected chi connectivity index (χ4v) is 1.55. The Balaban J connectivity index is 1.92. The highest BCUT2D eigenvalue weighted by Gasteiger charge is 1.98. The van der Waals surface area contributed by atoms with Gasteiger partial charge in [0.1, 0.15) is 0 Å². The van der Waals surface area contributed by atoms with Gasteiger partial charge in [0.15, 0.2) is 5.82 Å². The molecule has 0 fully saturated rings. The molecule has 0 aliphatic rings. The number of hydrogen-bond donors (Lipinski definition) is 1. The normalized spacial score (nSPS) is 11.3. The second-order valence-corrected chi connectivity index (χ2v) is 3.49. The zero-order valence-corrected chi connectivity index (χ0v) is 8.91. The fourth-order valence-electron chi connectivity index (χ4n) is 1.55. The summed E-state index contributed by atoms with van der Waals surface area (Å²) in [5.74, 6) is 1.05. The van der Waals surface area contributed by atoms with Gasteiger partial charge in [-0.3, -0.25) is 0 Å². The summed E-state index contributed by atoms with van der Waals surface area (Å²) < 4.78 is 0. The van der Waals surface area contributed by atoms with Crippen LogP contribution in [-0.4, -0.2) is 15.0 Å². The van der Waals surface area contributed by atoms with Crippen LogP contribution < -0.4 is 0 Å². The summed E-state index contributed by atoms with van der Waals surface area (Å²) in [5.41, 5.74) is 1.04. The van der Waals surface area contributed by atoms with Crippen molar-refractivity contribution in [2.24, 2.45) is 10.2 Å². The molecule has 3 aromatic rings. The van der Waals surface area contributed by atoms with Crippen molar-refractivity contribution in [1.82, 2.24) is 15.0 Å². The number of H-pyrrole nitrogens is 1. The van der Waals surface area contributed by atoms with E-state index in [-0.39, 0.29) is 0 Å². The summed E-state index contributed by atoms with van der Waals surface area (Å²) in [6.07, 6.45) is 3.26. The van der Waals surface area contributed by atoms with Gasteiger partial charge in [0.25, 0.3) is 5.95 Å². The summed E-state index contributed by atoms with van der Waals surface area (Å²) >= 11 is 0. The van der Waals surface area contributed by atoms with E-state index in [0.29, 0.717) is 11.8 Å². The van der Waals surface area contributed by atoms with Gasteiger partial charge in [-0.2, -0.15) is 0 Å². The second-order valence-electron chi connectivity index (χ2n) is 3.49. The van der Waals surface area contributed by atoms with Gasteiger partial charge in [-0.05, 0) is 18.2 Å². The van der Waals surface area contributed by atoms with Crippen LogP contribution in [-0.2, 0) is 0 Å². The predicted molar refractivity (Wildman–Crippen MR) is 64.5 cm³/mol. The van der Waals surface area contributed by atoms with Crippen LogP contribution in [0.4, 0.5) is 11.8 Å². The van der Waals surface area contributed by atoms with E-state index in [9.17, 15) is 0 Å². The van der Waals surface area contributed by atoms with Crippen molar-refractivity contribution < 1.29 is 0 Å². The summed E-state index contributed by atoms with van der Waals surface area (Å²) in [5, 5.41) is 9.11. The predicted octanol–water partition coefficient (Wildman–Crippen LogP) is 3.37. The first-order chi connectivity index (χ1) is 8.42. The Hall–Kier alpha value is -2.56. The quantitative estimate of drug-likeness (QED) is 0.677. The lowest BCUT2D eigenvalue weighted by molar-refractivity contribution is 1.06. The van der Waals surface area contributed by atoms with Crippen LogP contribution in [0.5, 0.6) is 0 Å². The first-order valence-corrected chi connectivity index (χ1v) is 5.18. The molecule has 0 atom stereocenters. The Labute approximate surface area is 97.3 Å². The molecule has 17 heavy (non-hydrogen) atoms. The van der Waals surface area contributed by atoms with E-state index in [4.69, 9.17) is 0 Å². The molecule has 0 spiro atoms. The molecule has 2 aromatic heterocycles. The summed E-state index contributed by atoms with van der Waals surface area (Å²) in [6, 6.07) is 11.6. The third-order valence-corrected chi connectivity index (χ3v) is 2.32. The van der Waals surface area contributed by atoms with Crippen LogP contribution in [0, 0.1) is 0 Å². The average molecular weight is 223 g/mol. The zero-order valence-electron chi connectivity index (χ0n) is 8.91. The molecule has 2 heterocycles. The highest BCUT2D eigenvalue weighted by Crippen LogP contribution is 2.21. The van der Waals surface area contributed by atoms with Crippen LogP contribution in [0.25, 0.3) is 10.9 Å². The van der Waals surface area contributed by atoms with E-state index in [1.54, 1.807) is 18.5 Å². The number of nitrogens with one attached hydrogen (secondary N) is 1. The topological polar surface area (TPSA) is 66.3 Å². The molecule has 0 aliphatic heterocycles. The molecule has 5 nitrogen and oxygen atoms in total. The van der Waals surface area contributed by atoms with Crippen molar-refractivity contribution in [3.8, 4) is 0 Å². The molecule has 0 saturated carbocycles. The smallest absolute Gasteiger partial charge is 0.268 e. The lowest BCUT2D eigenvalue weighted by atomic mass is 10.3. The highest BCUT2D eigenvalue weighted by atomic mass is 15.2. The number of hydrogen-bond acceptors (Lipinski definition) is 4. The van der Waals surface area contributed by atoms with Crippen LogP contribution in [0.15, 0.2) is 59.0 Å². The number of rotatable bonds is 2. The van der Waals surface area contributed by atoms with Crippen LogP contribution in [0.3, 0.4) is 0 Å². The average Bonchev–Trinajstić information content (AvgIpc) is 2.80. The first-order valence-electron chi connectivity index (χ1n) is 5.18. The number of benzene rings is 1.